The maximum Gasteiger partial charge on any atom is 0.416 e. The van der Waals surface area contributed by atoms with Crippen LogP contribution in [0.3, 0.4) is 0 Å². The second kappa shape index (κ2) is 7.64. The van der Waals surface area contributed by atoms with E-state index in [0.717, 1.165) is 43.6 Å². The summed E-state index contributed by atoms with van der Waals surface area (Å²) < 4.78 is 37.7. The van der Waals surface area contributed by atoms with Crippen molar-refractivity contribution in [2.24, 2.45) is 0 Å². The van der Waals surface area contributed by atoms with Gasteiger partial charge in [-0.2, -0.15) is 13.2 Å². The Balaban J connectivity index is 2.79. The molecular formula is C15H23F3N2. The summed E-state index contributed by atoms with van der Waals surface area (Å²) in [5.41, 5.74) is 0.316. The summed E-state index contributed by atoms with van der Waals surface area (Å²) in [6.07, 6.45) is -2.40. The molecule has 20 heavy (non-hydrogen) atoms. The van der Waals surface area contributed by atoms with Crippen LogP contribution in [0.15, 0.2) is 24.3 Å². The fourth-order valence-electron chi connectivity index (χ4n) is 2.00. The van der Waals surface area contributed by atoms with Gasteiger partial charge in [-0.1, -0.05) is 19.1 Å². The van der Waals surface area contributed by atoms with E-state index in [-0.39, 0.29) is 6.04 Å². The first kappa shape index (κ1) is 17.0. The first-order valence-electron chi connectivity index (χ1n) is 6.90. The molecule has 0 aliphatic carbocycles. The van der Waals surface area contributed by atoms with E-state index in [0.29, 0.717) is 0 Å². The topological polar surface area (TPSA) is 15.3 Å². The van der Waals surface area contributed by atoms with Crippen molar-refractivity contribution in [3.8, 4) is 0 Å². The largest absolute Gasteiger partial charge is 0.416 e. The normalized spacial score (nSPS) is 13.8. The molecule has 1 aromatic rings. The summed E-state index contributed by atoms with van der Waals surface area (Å²) in [7, 11) is 3.98. The number of nitrogens with one attached hydrogen (secondary N) is 1. The highest BCUT2D eigenvalue weighted by Crippen LogP contribution is 2.30. The highest BCUT2D eigenvalue weighted by atomic mass is 19.4. The van der Waals surface area contributed by atoms with Gasteiger partial charge in [-0.3, -0.25) is 0 Å². The van der Waals surface area contributed by atoms with Gasteiger partial charge in [0.15, 0.2) is 0 Å². The molecule has 0 heterocycles. The zero-order chi connectivity index (χ0) is 15.2. The van der Waals surface area contributed by atoms with Crippen LogP contribution in [-0.4, -0.2) is 32.1 Å². The summed E-state index contributed by atoms with van der Waals surface area (Å²) in [6.45, 7) is 3.82. The Labute approximate surface area is 119 Å². The lowest BCUT2D eigenvalue weighted by Crippen LogP contribution is -2.26. The Morgan fingerprint density at radius 2 is 1.75 bits per heavy atom. The molecule has 5 heteroatoms. The average Bonchev–Trinajstić information content (AvgIpc) is 2.38. The molecule has 114 valence electrons. The van der Waals surface area contributed by atoms with Gasteiger partial charge in [0.25, 0.3) is 0 Å². The second-order valence-corrected chi connectivity index (χ2v) is 5.22. The van der Waals surface area contributed by atoms with Crippen LogP contribution in [0.1, 0.15) is 36.9 Å². The molecule has 1 aromatic carbocycles. The van der Waals surface area contributed by atoms with Gasteiger partial charge in [-0.15, -0.1) is 0 Å². The second-order valence-electron chi connectivity index (χ2n) is 5.22. The van der Waals surface area contributed by atoms with Crippen molar-refractivity contribution in [1.29, 1.82) is 0 Å². The molecule has 0 aromatic heterocycles. The number of alkyl halides is 3. The van der Waals surface area contributed by atoms with E-state index in [4.69, 9.17) is 0 Å². The first-order chi connectivity index (χ1) is 9.34. The van der Waals surface area contributed by atoms with Gasteiger partial charge in [0.2, 0.25) is 0 Å². The first-order valence-corrected chi connectivity index (χ1v) is 6.90. The highest BCUT2D eigenvalue weighted by molar-refractivity contribution is 5.26. The maximum absolute atomic E-state index is 12.6. The van der Waals surface area contributed by atoms with E-state index in [1.165, 1.54) is 0 Å². The molecule has 2 nitrogen and oxygen atoms in total. The molecule has 0 fully saturated rings. The molecule has 0 saturated heterocycles. The van der Waals surface area contributed by atoms with Crippen LogP contribution in [0, 0.1) is 0 Å². The SMILES string of the molecule is CCCNC(CCN(C)C)c1ccc(C(F)(F)F)cc1. The molecular weight excluding hydrogens is 265 g/mol. The molecule has 0 aliphatic rings. The fraction of sp³-hybridized carbons (Fsp3) is 0.600. The van der Waals surface area contributed by atoms with Crippen molar-refractivity contribution in [2.45, 2.75) is 32.0 Å². The van der Waals surface area contributed by atoms with E-state index < -0.39 is 11.7 Å². The summed E-state index contributed by atoms with van der Waals surface area (Å²) >= 11 is 0. The minimum absolute atomic E-state index is 0.0969. The molecule has 1 unspecified atom stereocenters. The van der Waals surface area contributed by atoms with Crippen LogP contribution in [0.2, 0.25) is 0 Å². The maximum atomic E-state index is 12.6. The fourth-order valence-corrected chi connectivity index (χ4v) is 2.00. The van der Waals surface area contributed by atoms with Crippen LogP contribution in [0.25, 0.3) is 0 Å². The van der Waals surface area contributed by atoms with Crippen LogP contribution in [0.4, 0.5) is 13.2 Å². The van der Waals surface area contributed by atoms with Crippen LogP contribution < -0.4 is 5.32 Å². The van der Waals surface area contributed by atoms with Gasteiger partial charge >= 0.3 is 6.18 Å². The summed E-state index contributed by atoms with van der Waals surface area (Å²) in [5, 5.41) is 3.39. The predicted octanol–water partition coefficient (Wildman–Crippen LogP) is 3.70. The quantitative estimate of drug-likeness (QED) is 0.823. The third-order valence-electron chi connectivity index (χ3n) is 3.15. The lowest BCUT2D eigenvalue weighted by molar-refractivity contribution is -0.137. The van der Waals surface area contributed by atoms with E-state index >= 15 is 0 Å². The Morgan fingerprint density at radius 1 is 1.15 bits per heavy atom. The smallest absolute Gasteiger partial charge is 0.310 e. The lowest BCUT2D eigenvalue weighted by Gasteiger charge is -2.21. The van der Waals surface area contributed by atoms with Gasteiger partial charge in [0.05, 0.1) is 5.56 Å². The zero-order valence-corrected chi connectivity index (χ0v) is 12.3. The van der Waals surface area contributed by atoms with Crippen LogP contribution >= 0.6 is 0 Å². The minimum atomic E-state index is -4.27. The number of halogens is 3. The molecule has 0 saturated carbocycles. The molecule has 0 spiro atoms. The number of hydrogen-bond acceptors (Lipinski definition) is 2. The Kier molecular flexibility index (Phi) is 6.49. The molecule has 1 N–H and O–H groups in total. The molecule has 0 radical (unpaired) electrons. The molecule has 0 aliphatic heterocycles. The van der Waals surface area contributed by atoms with Crippen molar-refractivity contribution in [1.82, 2.24) is 10.2 Å². The predicted molar refractivity (Wildman–Crippen MR) is 75.6 cm³/mol. The summed E-state index contributed by atoms with van der Waals surface area (Å²) in [6, 6.07) is 5.56. The standard InChI is InChI=1S/C15H23F3N2/c1-4-10-19-14(9-11-20(2)3)12-5-7-13(8-6-12)15(16,17)18/h5-8,14,19H,4,9-11H2,1-3H3. The van der Waals surface area contributed by atoms with E-state index in [1.54, 1.807) is 12.1 Å². The molecule has 1 atom stereocenters. The third kappa shape index (κ3) is 5.51. The summed E-state index contributed by atoms with van der Waals surface area (Å²) in [5.74, 6) is 0. The molecule has 0 amide bonds. The molecule has 1 rings (SSSR count). The Hall–Kier alpha value is -1.07. The van der Waals surface area contributed by atoms with Gasteiger partial charge in [0.1, 0.15) is 0 Å². The van der Waals surface area contributed by atoms with E-state index in [1.807, 2.05) is 14.1 Å². The highest BCUT2D eigenvalue weighted by Gasteiger charge is 2.30. The van der Waals surface area contributed by atoms with E-state index in [9.17, 15) is 13.2 Å². The summed E-state index contributed by atoms with van der Waals surface area (Å²) in [4.78, 5) is 2.07. The Bertz CT molecular complexity index is 385. The average molecular weight is 288 g/mol. The van der Waals surface area contributed by atoms with Crippen molar-refractivity contribution < 1.29 is 13.2 Å². The van der Waals surface area contributed by atoms with Crippen molar-refractivity contribution in [3.63, 3.8) is 0 Å². The van der Waals surface area contributed by atoms with E-state index in [2.05, 4.69) is 17.1 Å². The number of rotatable bonds is 7. The lowest BCUT2D eigenvalue weighted by atomic mass is 10.0. The molecule has 0 bridgehead atoms. The van der Waals surface area contributed by atoms with Crippen molar-refractivity contribution >= 4 is 0 Å². The number of nitrogens with zero attached hydrogens (tertiary/aromatic N) is 1. The van der Waals surface area contributed by atoms with Crippen LogP contribution in [0.5, 0.6) is 0 Å². The number of benzene rings is 1. The van der Waals surface area contributed by atoms with Gasteiger partial charge in [-0.25, -0.2) is 0 Å². The van der Waals surface area contributed by atoms with Crippen molar-refractivity contribution in [2.75, 3.05) is 27.2 Å². The Morgan fingerprint density at radius 3 is 2.20 bits per heavy atom. The monoisotopic (exact) mass is 288 g/mol. The minimum Gasteiger partial charge on any atom is -0.310 e. The van der Waals surface area contributed by atoms with Crippen molar-refractivity contribution in [3.05, 3.63) is 35.4 Å². The van der Waals surface area contributed by atoms with Gasteiger partial charge in [0, 0.05) is 6.04 Å². The van der Waals surface area contributed by atoms with Gasteiger partial charge in [-0.05, 0) is 57.7 Å². The number of hydrogen-bond donors (Lipinski definition) is 1. The van der Waals surface area contributed by atoms with Crippen LogP contribution in [-0.2, 0) is 6.18 Å². The third-order valence-corrected chi connectivity index (χ3v) is 3.15. The van der Waals surface area contributed by atoms with Gasteiger partial charge < -0.3 is 10.2 Å². The zero-order valence-electron chi connectivity index (χ0n) is 12.3.